The Hall–Kier alpha value is -1.62. The molecular formula is C15H21ClN2O3. The summed E-state index contributed by atoms with van der Waals surface area (Å²) in [5.41, 5.74) is 0.759. The van der Waals surface area contributed by atoms with Crippen LogP contribution in [0.15, 0.2) is 18.2 Å². The summed E-state index contributed by atoms with van der Waals surface area (Å²) in [5, 5.41) is 13.8. The third-order valence-corrected chi connectivity index (χ3v) is 3.50. The van der Waals surface area contributed by atoms with Crippen LogP contribution in [0.4, 0.5) is 5.69 Å². The molecule has 0 aromatic heterocycles. The molecule has 6 heteroatoms. The second-order valence-electron chi connectivity index (χ2n) is 6.18. The van der Waals surface area contributed by atoms with Gasteiger partial charge in [0.2, 0.25) is 0 Å². The number of hydrogen-bond donors (Lipinski definition) is 1. The summed E-state index contributed by atoms with van der Waals surface area (Å²) in [6, 6.07) is 4.28. The van der Waals surface area contributed by atoms with Crippen molar-refractivity contribution in [3.05, 3.63) is 39.4 Å². The van der Waals surface area contributed by atoms with E-state index in [0.717, 1.165) is 0 Å². The minimum Gasteiger partial charge on any atom is -0.349 e. The van der Waals surface area contributed by atoms with Gasteiger partial charge in [-0.25, -0.2) is 0 Å². The van der Waals surface area contributed by atoms with Crippen molar-refractivity contribution < 1.29 is 9.72 Å². The Morgan fingerprint density at radius 2 is 2.00 bits per heavy atom. The van der Waals surface area contributed by atoms with E-state index in [9.17, 15) is 14.9 Å². The number of nitro groups is 1. The molecule has 1 N–H and O–H groups in total. The van der Waals surface area contributed by atoms with Crippen molar-refractivity contribution in [2.75, 3.05) is 5.88 Å². The van der Waals surface area contributed by atoms with Gasteiger partial charge in [-0.2, -0.15) is 0 Å². The van der Waals surface area contributed by atoms with Gasteiger partial charge < -0.3 is 5.32 Å². The number of nitrogens with one attached hydrogen (secondary N) is 1. The van der Waals surface area contributed by atoms with Crippen molar-refractivity contribution in [3.63, 3.8) is 0 Å². The first-order valence-electron chi connectivity index (χ1n) is 6.78. The Morgan fingerprint density at radius 1 is 1.38 bits per heavy atom. The maximum Gasteiger partial charge on any atom is 0.270 e. The normalized spacial score (nSPS) is 12.8. The highest BCUT2D eigenvalue weighted by Crippen LogP contribution is 2.23. The maximum absolute atomic E-state index is 12.3. The van der Waals surface area contributed by atoms with Gasteiger partial charge in [0.15, 0.2) is 0 Å². The molecule has 1 aromatic rings. The molecular weight excluding hydrogens is 292 g/mol. The molecule has 0 aliphatic heterocycles. The topological polar surface area (TPSA) is 72.2 Å². The van der Waals surface area contributed by atoms with Gasteiger partial charge in [-0.3, -0.25) is 14.9 Å². The van der Waals surface area contributed by atoms with Crippen molar-refractivity contribution >= 4 is 23.2 Å². The molecule has 0 saturated heterocycles. The van der Waals surface area contributed by atoms with Crippen LogP contribution in [0.5, 0.6) is 0 Å². The van der Waals surface area contributed by atoms with E-state index in [-0.39, 0.29) is 23.1 Å². The molecule has 5 nitrogen and oxygen atoms in total. The van der Waals surface area contributed by atoms with Crippen molar-refractivity contribution in [3.8, 4) is 0 Å². The third-order valence-electron chi connectivity index (χ3n) is 3.28. The highest BCUT2D eigenvalue weighted by molar-refractivity contribution is 6.17. The summed E-state index contributed by atoms with van der Waals surface area (Å²) < 4.78 is 0. The number of nitro benzene ring substituents is 1. The number of benzene rings is 1. The monoisotopic (exact) mass is 312 g/mol. The smallest absolute Gasteiger partial charge is 0.270 e. The molecule has 0 spiro atoms. The molecule has 0 heterocycles. The molecule has 0 aliphatic carbocycles. The average Bonchev–Trinajstić information content (AvgIpc) is 2.36. The van der Waals surface area contributed by atoms with Crippen molar-refractivity contribution in [2.45, 2.75) is 40.2 Å². The van der Waals surface area contributed by atoms with E-state index in [1.807, 2.05) is 20.8 Å². The number of rotatable bonds is 5. The number of amides is 1. The quantitative estimate of drug-likeness (QED) is 0.512. The van der Waals surface area contributed by atoms with E-state index >= 15 is 0 Å². The number of nitrogens with zero attached hydrogens (tertiary/aromatic N) is 1. The fourth-order valence-electron chi connectivity index (χ4n) is 2.07. The van der Waals surface area contributed by atoms with E-state index in [1.165, 1.54) is 12.1 Å². The number of non-ortho nitro benzene ring substituents is 1. The molecule has 0 aliphatic rings. The first-order valence-corrected chi connectivity index (χ1v) is 7.31. The van der Waals surface area contributed by atoms with Crippen LogP contribution < -0.4 is 5.32 Å². The molecule has 0 bridgehead atoms. The van der Waals surface area contributed by atoms with Gasteiger partial charge in [-0.1, -0.05) is 20.8 Å². The van der Waals surface area contributed by atoms with Gasteiger partial charge in [0, 0.05) is 29.6 Å². The first-order chi connectivity index (χ1) is 9.65. The average molecular weight is 313 g/mol. The van der Waals surface area contributed by atoms with Gasteiger partial charge in [0.1, 0.15) is 0 Å². The second-order valence-corrected chi connectivity index (χ2v) is 6.56. The number of carbonyl (C=O) groups excluding carboxylic acids is 1. The molecule has 1 rings (SSSR count). The van der Waals surface area contributed by atoms with Gasteiger partial charge in [0.25, 0.3) is 11.6 Å². The standard InChI is InChI=1S/C15H21ClN2O3/c1-10-7-11(9-12(8-10)18(20)21)14(19)17-13(5-6-16)15(2,3)4/h7-9,13H,5-6H2,1-4H3,(H,17,19). The molecule has 0 saturated carbocycles. The highest BCUT2D eigenvalue weighted by Gasteiger charge is 2.26. The summed E-state index contributed by atoms with van der Waals surface area (Å²) in [5.74, 6) is 0.128. The second kappa shape index (κ2) is 6.89. The van der Waals surface area contributed by atoms with Crippen LogP contribution in [0, 0.1) is 22.5 Å². The summed E-state index contributed by atoms with van der Waals surface area (Å²) >= 11 is 5.78. The predicted molar refractivity (Wildman–Crippen MR) is 83.9 cm³/mol. The van der Waals surface area contributed by atoms with Crippen LogP contribution in [0.2, 0.25) is 0 Å². The molecule has 1 unspecified atom stereocenters. The number of aryl methyl sites for hydroxylation is 1. The lowest BCUT2D eigenvalue weighted by Crippen LogP contribution is -2.44. The SMILES string of the molecule is Cc1cc(C(=O)NC(CCCl)C(C)(C)C)cc([N+](=O)[O-])c1. The number of hydrogen-bond acceptors (Lipinski definition) is 3. The largest absolute Gasteiger partial charge is 0.349 e. The summed E-state index contributed by atoms with van der Waals surface area (Å²) in [7, 11) is 0. The van der Waals surface area contributed by atoms with Crippen LogP contribution in [-0.2, 0) is 0 Å². The van der Waals surface area contributed by atoms with Gasteiger partial charge in [-0.05, 0) is 30.4 Å². The van der Waals surface area contributed by atoms with Gasteiger partial charge >= 0.3 is 0 Å². The zero-order valence-corrected chi connectivity index (χ0v) is 13.5. The van der Waals surface area contributed by atoms with E-state index in [1.54, 1.807) is 13.0 Å². The molecule has 0 radical (unpaired) electrons. The Morgan fingerprint density at radius 3 is 2.48 bits per heavy atom. The maximum atomic E-state index is 12.3. The highest BCUT2D eigenvalue weighted by atomic mass is 35.5. The number of alkyl halides is 1. The molecule has 1 aromatic carbocycles. The lowest BCUT2D eigenvalue weighted by atomic mass is 9.85. The van der Waals surface area contributed by atoms with E-state index in [4.69, 9.17) is 11.6 Å². The summed E-state index contributed by atoms with van der Waals surface area (Å²) in [6.07, 6.45) is 0.644. The summed E-state index contributed by atoms with van der Waals surface area (Å²) in [6.45, 7) is 7.78. The first kappa shape index (κ1) is 17.4. The minimum atomic E-state index is -0.496. The Balaban J connectivity index is 3.00. The van der Waals surface area contributed by atoms with Crippen LogP contribution in [-0.4, -0.2) is 22.8 Å². The minimum absolute atomic E-state index is 0.0789. The zero-order chi connectivity index (χ0) is 16.2. The van der Waals surface area contributed by atoms with Crippen molar-refractivity contribution in [1.29, 1.82) is 0 Å². The Labute approximate surface area is 129 Å². The fourth-order valence-corrected chi connectivity index (χ4v) is 2.29. The van der Waals surface area contributed by atoms with E-state index < -0.39 is 4.92 Å². The van der Waals surface area contributed by atoms with Crippen LogP contribution in [0.3, 0.4) is 0 Å². The molecule has 116 valence electrons. The molecule has 0 fully saturated rings. The van der Waals surface area contributed by atoms with Crippen LogP contribution in [0.1, 0.15) is 43.1 Å². The lowest BCUT2D eigenvalue weighted by molar-refractivity contribution is -0.384. The van der Waals surface area contributed by atoms with Gasteiger partial charge in [-0.15, -0.1) is 11.6 Å². The number of carbonyl (C=O) groups is 1. The molecule has 21 heavy (non-hydrogen) atoms. The van der Waals surface area contributed by atoms with E-state index in [0.29, 0.717) is 23.4 Å². The van der Waals surface area contributed by atoms with Crippen LogP contribution >= 0.6 is 11.6 Å². The Kier molecular flexibility index (Phi) is 5.72. The zero-order valence-electron chi connectivity index (χ0n) is 12.8. The van der Waals surface area contributed by atoms with Crippen LogP contribution in [0.25, 0.3) is 0 Å². The van der Waals surface area contributed by atoms with E-state index in [2.05, 4.69) is 5.32 Å². The third kappa shape index (κ3) is 5.01. The lowest BCUT2D eigenvalue weighted by Gasteiger charge is -2.31. The Bertz CT molecular complexity index is 538. The molecule has 1 atom stereocenters. The predicted octanol–water partition coefficient (Wildman–Crippen LogP) is 3.68. The summed E-state index contributed by atoms with van der Waals surface area (Å²) in [4.78, 5) is 22.7. The van der Waals surface area contributed by atoms with Crippen molar-refractivity contribution in [2.24, 2.45) is 5.41 Å². The fraction of sp³-hybridized carbons (Fsp3) is 0.533. The van der Waals surface area contributed by atoms with Gasteiger partial charge in [0.05, 0.1) is 4.92 Å². The molecule has 1 amide bonds. The number of halogens is 1. The van der Waals surface area contributed by atoms with Crippen molar-refractivity contribution in [1.82, 2.24) is 5.32 Å².